The fourth-order valence-electron chi connectivity index (χ4n) is 2.83. The summed E-state index contributed by atoms with van der Waals surface area (Å²) in [6.45, 7) is 6.81. The minimum Gasteiger partial charge on any atom is -0.334 e. The van der Waals surface area contributed by atoms with Gasteiger partial charge in [-0.15, -0.1) is 0 Å². The van der Waals surface area contributed by atoms with Gasteiger partial charge >= 0.3 is 0 Å². The number of nitrogens with zero attached hydrogens (tertiary/aromatic N) is 1. The zero-order chi connectivity index (χ0) is 15.0. The molecule has 1 aromatic heterocycles. The van der Waals surface area contributed by atoms with Crippen LogP contribution in [0.2, 0.25) is 0 Å². The number of hydrogen-bond donors (Lipinski definition) is 2. The van der Waals surface area contributed by atoms with Crippen LogP contribution in [0, 0.1) is 18.6 Å². The molecule has 1 aliphatic heterocycles. The highest BCUT2D eigenvalue weighted by Gasteiger charge is 2.19. The van der Waals surface area contributed by atoms with E-state index in [4.69, 9.17) is 12.2 Å². The molecule has 0 saturated heterocycles. The fraction of sp³-hybridized carbons (Fsp3) is 0.375. The summed E-state index contributed by atoms with van der Waals surface area (Å²) >= 11 is 5.06. The van der Waals surface area contributed by atoms with E-state index in [0.717, 1.165) is 37.3 Å². The molecule has 110 valence electrons. The minimum absolute atomic E-state index is 0.0421. The number of aromatic nitrogens is 2. The largest absolute Gasteiger partial charge is 0.334 e. The average Bonchev–Trinajstić information content (AvgIpc) is 2.42. The van der Waals surface area contributed by atoms with Crippen LogP contribution >= 0.6 is 12.2 Å². The quantitative estimate of drug-likeness (QED) is 0.838. The first-order valence-corrected chi connectivity index (χ1v) is 7.56. The Bertz CT molecular complexity index is 791. The molecule has 0 fully saturated rings. The molecule has 0 aliphatic carbocycles. The molecule has 4 nitrogen and oxygen atoms in total. The molecule has 2 aromatic rings. The molecule has 0 amide bonds. The summed E-state index contributed by atoms with van der Waals surface area (Å²) in [4.78, 5) is 20.0. The van der Waals surface area contributed by atoms with Crippen molar-refractivity contribution in [3.8, 4) is 0 Å². The van der Waals surface area contributed by atoms with Crippen molar-refractivity contribution in [3.05, 3.63) is 61.3 Å². The number of benzene rings is 1. The fourth-order valence-corrected chi connectivity index (χ4v) is 3.04. The van der Waals surface area contributed by atoms with Crippen molar-refractivity contribution in [3.63, 3.8) is 0 Å². The van der Waals surface area contributed by atoms with Gasteiger partial charge in [-0.2, -0.15) is 0 Å². The van der Waals surface area contributed by atoms with E-state index in [9.17, 15) is 4.79 Å². The average molecular weight is 301 g/mol. The van der Waals surface area contributed by atoms with E-state index in [1.807, 2.05) is 0 Å². The lowest BCUT2D eigenvalue weighted by molar-refractivity contribution is 0.240. The van der Waals surface area contributed by atoms with Gasteiger partial charge in [-0.1, -0.05) is 18.2 Å². The van der Waals surface area contributed by atoms with Crippen molar-refractivity contribution in [2.45, 2.75) is 33.4 Å². The Hall–Kier alpha value is -1.72. The van der Waals surface area contributed by atoms with Crippen LogP contribution in [0.3, 0.4) is 0 Å². The molecule has 1 aromatic carbocycles. The van der Waals surface area contributed by atoms with Crippen molar-refractivity contribution in [1.82, 2.24) is 14.9 Å². The summed E-state index contributed by atoms with van der Waals surface area (Å²) in [5.41, 5.74) is 5.71. The number of H-pyrrole nitrogens is 2. The lowest BCUT2D eigenvalue weighted by Gasteiger charge is -2.28. The first kappa shape index (κ1) is 14.2. The Balaban J connectivity index is 1.81. The normalized spacial score (nSPS) is 15.0. The van der Waals surface area contributed by atoms with Crippen LogP contribution in [0.5, 0.6) is 0 Å². The van der Waals surface area contributed by atoms with Gasteiger partial charge in [0.15, 0.2) is 4.77 Å². The number of aryl methyl sites for hydroxylation is 2. The van der Waals surface area contributed by atoms with Gasteiger partial charge < -0.3 is 4.98 Å². The zero-order valence-electron chi connectivity index (χ0n) is 12.3. The summed E-state index contributed by atoms with van der Waals surface area (Å²) < 4.78 is 0.409. The SMILES string of the molecule is Cc1ccc(CN2CCc3c([nH]c(=S)[nH]c3=O)C2)cc1C. The first-order chi connectivity index (χ1) is 10.0. The van der Waals surface area contributed by atoms with Crippen molar-refractivity contribution < 1.29 is 0 Å². The molecular weight excluding hydrogens is 282 g/mol. The second-order valence-electron chi connectivity index (χ2n) is 5.74. The van der Waals surface area contributed by atoms with E-state index >= 15 is 0 Å². The molecular formula is C16H19N3OS. The molecule has 0 atom stereocenters. The van der Waals surface area contributed by atoms with Gasteiger partial charge in [0.1, 0.15) is 0 Å². The minimum atomic E-state index is -0.0421. The standard InChI is InChI=1S/C16H19N3OS/c1-10-3-4-12(7-11(10)2)8-19-6-5-13-14(9-19)17-16(21)18-15(13)20/h3-4,7H,5-6,8-9H2,1-2H3,(H2,17,18,20,21). The van der Waals surface area contributed by atoms with Crippen molar-refractivity contribution in [2.75, 3.05) is 6.54 Å². The molecule has 1 aliphatic rings. The Morgan fingerprint density at radius 1 is 1.24 bits per heavy atom. The maximum atomic E-state index is 11.9. The van der Waals surface area contributed by atoms with Crippen LogP contribution in [0.4, 0.5) is 0 Å². The smallest absolute Gasteiger partial charge is 0.255 e. The summed E-state index contributed by atoms with van der Waals surface area (Å²) in [5.74, 6) is 0. The van der Waals surface area contributed by atoms with Crippen LogP contribution < -0.4 is 5.56 Å². The molecule has 0 saturated carbocycles. The second kappa shape index (κ2) is 5.58. The van der Waals surface area contributed by atoms with E-state index in [0.29, 0.717) is 4.77 Å². The molecule has 0 spiro atoms. The third kappa shape index (κ3) is 2.99. The Morgan fingerprint density at radius 2 is 2.05 bits per heavy atom. The summed E-state index contributed by atoms with van der Waals surface area (Å²) in [6, 6.07) is 6.59. The summed E-state index contributed by atoms with van der Waals surface area (Å²) in [5, 5.41) is 0. The van der Waals surface area contributed by atoms with Gasteiger partial charge in [0.2, 0.25) is 0 Å². The number of nitrogens with one attached hydrogen (secondary N) is 2. The lowest BCUT2D eigenvalue weighted by Crippen LogP contribution is -2.34. The Labute approximate surface area is 128 Å². The van der Waals surface area contributed by atoms with Gasteiger partial charge in [0, 0.05) is 30.9 Å². The van der Waals surface area contributed by atoms with Crippen LogP contribution in [0.15, 0.2) is 23.0 Å². The number of hydrogen-bond acceptors (Lipinski definition) is 3. The molecule has 2 N–H and O–H groups in total. The lowest BCUT2D eigenvalue weighted by atomic mass is 10.0. The molecule has 0 bridgehead atoms. The van der Waals surface area contributed by atoms with E-state index in [1.54, 1.807) is 0 Å². The Morgan fingerprint density at radius 3 is 2.81 bits per heavy atom. The first-order valence-electron chi connectivity index (χ1n) is 7.16. The molecule has 0 unspecified atom stereocenters. The van der Waals surface area contributed by atoms with E-state index in [1.165, 1.54) is 16.7 Å². The van der Waals surface area contributed by atoms with Gasteiger partial charge in [-0.05, 0) is 49.2 Å². The maximum Gasteiger partial charge on any atom is 0.255 e. The van der Waals surface area contributed by atoms with E-state index < -0.39 is 0 Å². The van der Waals surface area contributed by atoms with Crippen LogP contribution in [0.25, 0.3) is 0 Å². The molecule has 3 rings (SSSR count). The number of fused-ring (bicyclic) bond motifs is 1. The van der Waals surface area contributed by atoms with Crippen LogP contribution in [-0.2, 0) is 19.5 Å². The predicted octanol–water partition coefficient (Wildman–Crippen LogP) is 2.61. The van der Waals surface area contributed by atoms with Crippen molar-refractivity contribution in [1.29, 1.82) is 0 Å². The number of aromatic amines is 2. The van der Waals surface area contributed by atoms with Crippen molar-refractivity contribution >= 4 is 12.2 Å². The van der Waals surface area contributed by atoms with Crippen LogP contribution in [0.1, 0.15) is 27.9 Å². The molecule has 21 heavy (non-hydrogen) atoms. The van der Waals surface area contributed by atoms with E-state index in [2.05, 4.69) is 46.9 Å². The maximum absolute atomic E-state index is 11.9. The zero-order valence-corrected chi connectivity index (χ0v) is 13.1. The highest BCUT2D eigenvalue weighted by atomic mass is 32.1. The van der Waals surface area contributed by atoms with Crippen molar-refractivity contribution in [2.24, 2.45) is 0 Å². The highest BCUT2D eigenvalue weighted by molar-refractivity contribution is 7.71. The van der Waals surface area contributed by atoms with E-state index in [-0.39, 0.29) is 5.56 Å². The topological polar surface area (TPSA) is 51.9 Å². The summed E-state index contributed by atoms with van der Waals surface area (Å²) in [7, 11) is 0. The highest BCUT2D eigenvalue weighted by Crippen LogP contribution is 2.17. The molecule has 0 radical (unpaired) electrons. The van der Waals surface area contributed by atoms with Gasteiger partial charge in [0.25, 0.3) is 5.56 Å². The third-order valence-corrected chi connectivity index (χ3v) is 4.37. The Kier molecular flexibility index (Phi) is 3.78. The molecule has 5 heteroatoms. The van der Waals surface area contributed by atoms with Gasteiger partial charge in [-0.25, -0.2) is 0 Å². The third-order valence-electron chi connectivity index (χ3n) is 4.17. The number of rotatable bonds is 2. The second-order valence-corrected chi connectivity index (χ2v) is 6.15. The van der Waals surface area contributed by atoms with Gasteiger partial charge in [0.05, 0.1) is 0 Å². The van der Waals surface area contributed by atoms with Crippen LogP contribution in [-0.4, -0.2) is 21.4 Å². The molecule has 2 heterocycles. The summed E-state index contributed by atoms with van der Waals surface area (Å²) in [6.07, 6.45) is 0.765. The monoisotopic (exact) mass is 301 g/mol. The van der Waals surface area contributed by atoms with Gasteiger partial charge in [-0.3, -0.25) is 14.7 Å². The predicted molar refractivity (Wildman–Crippen MR) is 86.0 cm³/mol.